The van der Waals surface area contributed by atoms with E-state index in [0.29, 0.717) is 13.1 Å². The first-order valence-electron chi connectivity index (χ1n) is 10.9. The van der Waals surface area contributed by atoms with Gasteiger partial charge in [-0.3, -0.25) is 9.59 Å². The molecule has 1 saturated heterocycles. The molecule has 166 valence electrons. The van der Waals surface area contributed by atoms with E-state index in [4.69, 9.17) is 9.47 Å². The summed E-state index contributed by atoms with van der Waals surface area (Å²) in [6.45, 7) is 7.32. The summed E-state index contributed by atoms with van der Waals surface area (Å²) in [5.74, 6) is 1.34. The molecule has 1 N–H and O–H groups in total. The summed E-state index contributed by atoms with van der Waals surface area (Å²) < 4.78 is 11.4. The normalized spacial score (nSPS) is 14.2. The zero-order valence-electron chi connectivity index (χ0n) is 18.6. The second-order valence-corrected chi connectivity index (χ2v) is 8.03. The zero-order valence-corrected chi connectivity index (χ0v) is 18.6. The smallest absolute Gasteiger partial charge is 0.260 e. The fourth-order valence-electron chi connectivity index (χ4n) is 3.81. The molecule has 0 aliphatic carbocycles. The lowest BCUT2D eigenvalue weighted by Crippen LogP contribution is -2.48. The van der Waals surface area contributed by atoms with Crippen molar-refractivity contribution >= 4 is 11.8 Å². The highest BCUT2D eigenvalue weighted by Crippen LogP contribution is 2.20. The third kappa shape index (κ3) is 6.48. The van der Waals surface area contributed by atoms with Gasteiger partial charge in [0.25, 0.3) is 11.8 Å². The first kappa shape index (κ1) is 22.7. The second kappa shape index (κ2) is 10.8. The Morgan fingerprint density at radius 1 is 1.00 bits per heavy atom. The average molecular weight is 425 g/mol. The highest BCUT2D eigenvalue weighted by molar-refractivity contribution is 5.79. The Kier molecular flexibility index (Phi) is 7.93. The molecule has 3 rings (SSSR count). The molecule has 1 aliphatic rings. The van der Waals surface area contributed by atoms with E-state index < -0.39 is 0 Å². The average Bonchev–Trinajstić information content (AvgIpc) is 2.77. The van der Waals surface area contributed by atoms with Crippen LogP contribution in [0.25, 0.3) is 0 Å². The molecule has 6 heteroatoms. The summed E-state index contributed by atoms with van der Waals surface area (Å²) in [5, 5.41) is 3.02. The van der Waals surface area contributed by atoms with Crippen LogP contribution in [0.15, 0.2) is 42.5 Å². The Hall–Kier alpha value is -3.02. The monoisotopic (exact) mass is 424 g/mol. The van der Waals surface area contributed by atoms with Crippen LogP contribution in [0.2, 0.25) is 0 Å². The van der Waals surface area contributed by atoms with Crippen molar-refractivity contribution in [2.24, 2.45) is 0 Å². The molecule has 0 radical (unpaired) electrons. The van der Waals surface area contributed by atoms with Gasteiger partial charge in [-0.05, 0) is 56.4 Å². The number of likely N-dealkylation sites (tertiary alicyclic amines) is 1. The molecule has 0 saturated carbocycles. The molecule has 6 nitrogen and oxygen atoms in total. The van der Waals surface area contributed by atoms with Gasteiger partial charge in [0, 0.05) is 19.1 Å². The van der Waals surface area contributed by atoms with Gasteiger partial charge in [-0.1, -0.05) is 42.8 Å². The number of ether oxygens (including phenoxy) is 2. The van der Waals surface area contributed by atoms with Gasteiger partial charge in [0.2, 0.25) is 0 Å². The zero-order chi connectivity index (χ0) is 22.2. The van der Waals surface area contributed by atoms with Gasteiger partial charge >= 0.3 is 0 Å². The van der Waals surface area contributed by atoms with Crippen molar-refractivity contribution in [3.05, 3.63) is 59.2 Å². The minimum atomic E-state index is -0.135. The lowest BCUT2D eigenvalue weighted by molar-refractivity contribution is -0.134. The number of hydrogen-bond donors (Lipinski definition) is 1. The predicted octanol–water partition coefficient (Wildman–Crippen LogP) is 3.43. The standard InChI is InChI=1S/C25H32N2O4/c1-4-20-7-5-6-8-23(20)31-17-25(29)27-13-11-21(12-14-27)26-24(28)16-30-22-10-9-18(2)15-19(22)3/h5-10,15,21H,4,11-14,16-17H2,1-3H3,(H,26,28). The maximum atomic E-state index is 12.5. The van der Waals surface area contributed by atoms with E-state index >= 15 is 0 Å². The summed E-state index contributed by atoms with van der Waals surface area (Å²) in [4.78, 5) is 26.6. The van der Waals surface area contributed by atoms with Crippen LogP contribution in [-0.2, 0) is 16.0 Å². The number of rotatable bonds is 8. The number of carbonyl (C=O) groups is 2. The molecule has 2 aromatic rings. The van der Waals surface area contributed by atoms with Crippen molar-refractivity contribution in [2.45, 2.75) is 46.1 Å². The number of aryl methyl sites for hydroxylation is 3. The van der Waals surface area contributed by atoms with E-state index in [9.17, 15) is 9.59 Å². The third-order valence-corrected chi connectivity index (χ3v) is 5.61. The number of carbonyl (C=O) groups excluding carboxylic acids is 2. The van der Waals surface area contributed by atoms with Gasteiger partial charge in [0.1, 0.15) is 11.5 Å². The van der Waals surface area contributed by atoms with Crippen LogP contribution >= 0.6 is 0 Å². The maximum Gasteiger partial charge on any atom is 0.260 e. The van der Waals surface area contributed by atoms with Gasteiger partial charge in [-0.25, -0.2) is 0 Å². The molecule has 0 unspecified atom stereocenters. The fourth-order valence-corrected chi connectivity index (χ4v) is 3.81. The second-order valence-electron chi connectivity index (χ2n) is 8.03. The van der Waals surface area contributed by atoms with E-state index in [1.165, 1.54) is 0 Å². The first-order valence-corrected chi connectivity index (χ1v) is 10.9. The summed E-state index contributed by atoms with van der Waals surface area (Å²) >= 11 is 0. The molecule has 2 aromatic carbocycles. The number of piperidine rings is 1. The number of para-hydroxylation sites is 1. The first-order chi connectivity index (χ1) is 15.0. The Labute approximate surface area is 184 Å². The SMILES string of the molecule is CCc1ccccc1OCC(=O)N1CCC(NC(=O)COc2ccc(C)cc2C)CC1. The van der Waals surface area contributed by atoms with Crippen LogP contribution in [0.5, 0.6) is 11.5 Å². The van der Waals surface area contributed by atoms with Crippen molar-refractivity contribution in [3.63, 3.8) is 0 Å². The minimum Gasteiger partial charge on any atom is -0.484 e. The number of hydrogen-bond acceptors (Lipinski definition) is 4. The molecule has 1 fully saturated rings. The Bertz CT molecular complexity index is 904. The third-order valence-electron chi connectivity index (χ3n) is 5.61. The Balaban J connectivity index is 1.38. The molecule has 0 spiro atoms. The van der Waals surface area contributed by atoms with Crippen molar-refractivity contribution in [1.82, 2.24) is 10.2 Å². The van der Waals surface area contributed by atoms with Crippen molar-refractivity contribution in [1.29, 1.82) is 0 Å². The van der Waals surface area contributed by atoms with Gasteiger partial charge in [0.15, 0.2) is 13.2 Å². The summed E-state index contributed by atoms with van der Waals surface area (Å²) in [6, 6.07) is 13.7. The fraction of sp³-hybridized carbons (Fsp3) is 0.440. The quantitative estimate of drug-likeness (QED) is 0.705. The lowest BCUT2D eigenvalue weighted by Gasteiger charge is -2.32. The highest BCUT2D eigenvalue weighted by atomic mass is 16.5. The molecule has 0 atom stereocenters. The molecular weight excluding hydrogens is 392 g/mol. The topological polar surface area (TPSA) is 67.9 Å². The van der Waals surface area contributed by atoms with Crippen LogP contribution < -0.4 is 14.8 Å². The van der Waals surface area contributed by atoms with Crippen LogP contribution in [0.3, 0.4) is 0 Å². The van der Waals surface area contributed by atoms with E-state index in [1.807, 2.05) is 61.2 Å². The molecule has 1 aliphatic heterocycles. The van der Waals surface area contributed by atoms with Crippen molar-refractivity contribution in [3.8, 4) is 11.5 Å². The molecule has 31 heavy (non-hydrogen) atoms. The van der Waals surface area contributed by atoms with E-state index in [-0.39, 0.29) is 31.1 Å². The van der Waals surface area contributed by atoms with Gasteiger partial charge < -0.3 is 19.7 Å². The van der Waals surface area contributed by atoms with Gasteiger partial charge in [-0.2, -0.15) is 0 Å². The van der Waals surface area contributed by atoms with Gasteiger partial charge in [0.05, 0.1) is 0 Å². The lowest BCUT2D eigenvalue weighted by atomic mass is 10.0. The molecular formula is C25H32N2O4. The van der Waals surface area contributed by atoms with E-state index in [1.54, 1.807) is 0 Å². The minimum absolute atomic E-state index is 0.00623. The number of nitrogens with zero attached hydrogens (tertiary/aromatic N) is 1. The summed E-state index contributed by atoms with van der Waals surface area (Å²) in [5.41, 5.74) is 3.28. The van der Waals surface area contributed by atoms with Crippen LogP contribution in [0, 0.1) is 13.8 Å². The largest absolute Gasteiger partial charge is 0.484 e. The highest BCUT2D eigenvalue weighted by Gasteiger charge is 2.24. The van der Waals surface area contributed by atoms with Crippen molar-refractivity contribution < 1.29 is 19.1 Å². The van der Waals surface area contributed by atoms with Gasteiger partial charge in [-0.15, -0.1) is 0 Å². The van der Waals surface area contributed by atoms with Crippen LogP contribution in [0.4, 0.5) is 0 Å². The predicted molar refractivity (Wildman–Crippen MR) is 120 cm³/mol. The van der Waals surface area contributed by atoms with E-state index in [0.717, 1.165) is 47.5 Å². The number of nitrogens with one attached hydrogen (secondary N) is 1. The summed E-state index contributed by atoms with van der Waals surface area (Å²) in [7, 11) is 0. The molecule has 0 aromatic heterocycles. The van der Waals surface area contributed by atoms with Crippen LogP contribution in [0.1, 0.15) is 36.5 Å². The van der Waals surface area contributed by atoms with Crippen molar-refractivity contribution in [2.75, 3.05) is 26.3 Å². The molecule has 0 bridgehead atoms. The number of benzene rings is 2. The number of amides is 2. The maximum absolute atomic E-state index is 12.5. The van der Waals surface area contributed by atoms with Crippen LogP contribution in [-0.4, -0.2) is 49.1 Å². The Morgan fingerprint density at radius 3 is 2.42 bits per heavy atom. The van der Waals surface area contributed by atoms with E-state index in [2.05, 4.69) is 12.2 Å². The molecule has 2 amide bonds. The molecule has 1 heterocycles. The summed E-state index contributed by atoms with van der Waals surface area (Å²) in [6.07, 6.45) is 2.32. The Morgan fingerprint density at radius 2 is 1.71 bits per heavy atom.